The number of amidine groups is 1. The summed E-state index contributed by atoms with van der Waals surface area (Å²) in [6.07, 6.45) is 1.06. The largest absolute Gasteiger partial charge is 0.457 e. The number of piperidine rings is 1. The molecule has 0 amide bonds. The Hall–Kier alpha value is -2.22. The summed E-state index contributed by atoms with van der Waals surface area (Å²) in [6.45, 7) is 6.17. The first-order valence-corrected chi connectivity index (χ1v) is 10.4. The number of hydrogen-bond donors (Lipinski definition) is 0. The normalized spacial score (nSPS) is 19.4. The molecule has 0 saturated carbocycles. The van der Waals surface area contributed by atoms with E-state index in [0.29, 0.717) is 37.3 Å². The fourth-order valence-electron chi connectivity index (χ4n) is 3.11. The van der Waals surface area contributed by atoms with Crippen molar-refractivity contribution in [2.24, 2.45) is 15.7 Å². The van der Waals surface area contributed by atoms with Crippen LogP contribution in [0, 0.1) is 11.3 Å². The van der Waals surface area contributed by atoms with Crippen LogP contribution in [0.2, 0.25) is 0 Å². The third-order valence-electron chi connectivity index (χ3n) is 4.92. The molecule has 0 aromatic heterocycles. The van der Waals surface area contributed by atoms with Crippen molar-refractivity contribution in [3.63, 3.8) is 0 Å². The first-order chi connectivity index (χ1) is 12.6. The SMILES string of the molecule is CC(C)(C)C(=O)COC(=O)C1CCN(C2=NS(=O)(=O)c3ccccc32)CC1. The van der Waals surface area contributed by atoms with Gasteiger partial charge in [0.05, 0.1) is 5.92 Å². The smallest absolute Gasteiger partial charge is 0.309 e. The van der Waals surface area contributed by atoms with Crippen LogP contribution in [0.1, 0.15) is 39.2 Å². The number of fused-ring (bicyclic) bond motifs is 1. The fourth-order valence-corrected chi connectivity index (χ4v) is 4.34. The van der Waals surface area contributed by atoms with E-state index in [1.807, 2.05) is 4.90 Å². The molecular formula is C19H24N2O5S. The molecule has 0 unspecified atom stereocenters. The Morgan fingerprint density at radius 3 is 2.44 bits per heavy atom. The zero-order chi connectivity index (χ0) is 19.8. The van der Waals surface area contributed by atoms with Crippen LogP contribution in [0.15, 0.2) is 33.6 Å². The zero-order valence-electron chi connectivity index (χ0n) is 15.8. The van der Waals surface area contributed by atoms with Gasteiger partial charge in [-0.25, -0.2) is 0 Å². The molecule has 0 bridgehead atoms. The lowest BCUT2D eigenvalue weighted by Gasteiger charge is -2.32. The second-order valence-electron chi connectivity index (χ2n) is 7.93. The molecule has 2 heterocycles. The average molecular weight is 392 g/mol. The summed E-state index contributed by atoms with van der Waals surface area (Å²) in [5, 5.41) is 0. The minimum atomic E-state index is -3.65. The molecule has 0 radical (unpaired) electrons. The molecule has 2 aliphatic rings. The monoisotopic (exact) mass is 392 g/mol. The van der Waals surface area contributed by atoms with Crippen molar-refractivity contribution in [3.8, 4) is 0 Å². The Kier molecular flexibility index (Phi) is 5.12. The average Bonchev–Trinajstić information content (AvgIpc) is 2.90. The third-order valence-corrected chi connectivity index (χ3v) is 6.25. The highest BCUT2D eigenvalue weighted by molar-refractivity contribution is 7.90. The molecule has 27 heavy (non-hydrogen) atoms. The minimum absolute atomic E-state index is 0.115. The van der Waals surface area contributed by atoms with Crippen LogP contribution < -0.4 is 0 Å². The number of hydrogen-bond acceptors (Lipinski definition) is 6. The number of ether oxygens (including phenoxy) is 1. The molecule has 0 N–H and O–H groups in total. The summed E-state index contributed by atoms with van der Waals surface area (Å²) in [5.41, 5.74) is 0.0673. The van der Waals surface area contributed by atoms with Crippen molar-refractivity contribution in [2.75, 3.05) is 19.7 Å². The molecule has 146 valence electrons. The summed E-state index contributed by atoms with van der Waals surface area (Å²) in [6, 6.07) is 6.76. The van der Waals surface area contributed by atoms with Crippen molar-refractivity contribution >= 4 is 27.6 Å². The van der Waals surface area contributed by atoms with Crippen molar-refractivity contribution < 1.29 is 22.7 Å². The number of rotatable bonds is 3. The third kappa shape index (κ3) is 4.05. The number of nitrogens with zero attached hydrogens (tertiary/aromatic N) is 2. The zero-order valence-corrected chi connectivity index (χ0v) is 16.6. The summed E-state index contributed by atoms with van der Waals surface area (Å²) in [5.74, 6) is -0.327. The van der Waals surface area contributed by atoms with Crippen molar-refractivity contribution in [1.29, 1.82) is 0 Å². The molecule has 1 saturated heterocycles. The Morgan fingerprint density at radius 1 is 1.19 bits per heavy atom. The Balaban J connectivity index is 1.60. The lowest BCUT2D eigenvalue weighted by molar-refractivity contribution is -0.155. The standard InChI is InChI=1S/C19H24N2O5S/c1-19(2,3)16(22)12-26-18(23)13-8-10-21(11-9-13)17-14-6-4-5-7-15(14)27(24,25)20-17/h4-7,13H,8-12H2,1-3H3. The van der Waals surface area contributed by atoms with Crippen molar-refractivity contribution in [3.05, 3.63) is 29.8 Å². The summed E-state index contributed by atoms with van der Waals surface area (Å²) in [4.78, 5) is 26.3. The van der Waals surface area contributed by atoms with Gasteiger partial charge in [-0.15, -0.1) is 4.40 Å². The van der Waals surface area contributed by atoms with E-state index in [1.54, 1.807) is 45.0 Å². The maximum Gasteiger partial charge on any atom is 0.309 e. The van der Waals surface area contributed by atoms with Gasteiger partial charge in [0.25, 0.3) is 10.0 Å². The Bertz CT molecular complexity index is 891. The number of carbonyl (C=O) groups excluding carboxylic acids is 2. The van der Waals surface area contributed by atoms with E-state index in [1.165, 1.54) is 0 Å². The van der Waals surface area contributed by atoms with E-state index < -0.39 is 15.4 Å². The molecule has 1 aromatic carbocycles. The van der Waals surface area contributed by atoms with E-state index in [2.05, 4.69) is 4.40 Å². The highest BCUT2D eigenvalue weighted by atomic mass is 32.2. The van der Waals surface area contributed by atoms with Gasteiger partial charge < -0.3 is 9.64 Å². The molecule has 0 spiro atoms. The topological polar surface area (TPSA) is 93.1 Å². The van der Waals surface area contributed by atoms with Crippen LogP contribution in [0.25, 0.3) is 0 Å². The number of Topliss-reactive ketones (excluding diaryl/α,β-unsaturated/α-hetero) is 1. The Morgan fingerprint density at radius 2 is 1.81 bits per heavy atom. The number of ketones is 1. The number of likely N-dealkylation sites (tertiary alicyclic amines) is 1. The van der Waals surface area contributed by atoms with Gasteiger partial charge >= 0.3 is 5.97 Å². The van der Waals surface area contributed by atoms with Gasteiger partial charge in [-0.3, -0.25) is 9.59 Å². The van der Waals surface area contributed by atoms with Crippen LogP contribution in [0.4, 0.5) is 0 Å². The van der Waals surface area contributed by atoms with E-state index in [4.69, 9.17) is 4.74 Å². The quantitative estimate of drug-likeness (QED) is 0.731. The first-order valence-electron chi connectivity index (χ1n) is 8.99. The van der Waals surface area contributed by atoms with Crippen molar-refractivity contribution in [1.82, 2.24) is 4.90 Å². The summed E-state index contributed by atoms with van der Waals surface area (Å²) in [7, 11) is -3.65. The molecule has 0 aliphatic carbocycles. The predicted octanol–water partition coefficient (Wildman–Crippen LogP) is 2.01. The van der Waals surface area contributed by atoms with Crippen LogP contribution >= 0.6 is 0 Å². The number of sulfonamides is 1. The van der Waals surface area contributed by atoms with E-state index in [0.717, 1.165) is 0 Å². The lowest BCUT2D eigenvalue weighted by atomic mass is 9.91. The van der Waals surface area contributed by atoms with Crippen LogP contribution in [0.3, 0.4) is 0 Å². The molecule has 7 nitrogen and oxygen atoms in total. The van der Waals surface area contributed by atoms with Gasteiger partial charge in [-0.2, -0.15) is 8.42 Å². The maximum absolute atomic E-state index is 12.2. The van der Waals surface area contributed by atoms with Gasteiger partial charge in [0, 0.05) is 24.1 Å². The molecule has 1 fully saturated rings. The van der Waals surface area contributed by atoms with E-state index in [-0.39, 0.29) is 29.2 Å². The second-order valence-corrected chi connectivity index (χ2v) is 9.50. The number of benzene rings is 1. The Labute approximate surface area is 159 Å². The fraction of sp³-hybridized carbons (Fsp3) is 0.526. The molecule has 3 rings (SSSR count). The van der Waals surface area contributed by atoms with Crippen molar-refractivity contribution in [2.45, 2.75) is 38.5 Å². The lowest BCUT2D eigenvalue weighted by Crippen LogP contribution is -2.41. The van der Waals surface area contributed by atoms with Gasteiger partial charge in [0.15, 0.2) is 18.2 Å². The van der Waals surface area contributed by atoms with Gasteiger partial charge in [-0.1, -0.05) is 32.9 Å². The van der Waals surface area contributed by atoms with Crippen LogP contribution in [-0.4, -0.2) is 50.6 Å². The number of esters is 1. The van der Waals surface area contributed by atoms with Gasteiger partial charge in [-0.05, 0) is 25.0 Å². The molecule has 2 aliphatic heterocycles. The van der Waals surface area contributed by atoms with E-state index >= 15 is 0 Å². The van der Waals surface area contributed by atoms with Crippen LogP contribution in [0.5, 0.6) is 0 Å². The first kappa shape index (κ1) is 19.5. The van der Waals surface area contributed by atoms with E-state index in [9.17, 15) is 18.0 Å². The number of carbonyl (C=O) groups is 2. The van der Waals surface area contributed by atoms with Gasteiger partial charge in [0.2, 0.25) is 0 Å². The predicted molar refractivity (Wildman–Crippen MR) is 99.9 cm³/mol. The summed E-state index contributed by atoms with van der Waals surface area (Å²) < 4.78 is 33.5. The summed E-state index contributed by atoms with van der Waals surface area (Å²) >= 11 is 0. The maximum atomic E-state index is 12.2. The highest BCUT2D eigenvalue weighted by Crippen LogP contribution is 2.30. The second kappa shape index (κ2) is 7.07. The molecule has 1 aromatic rings. The highest BCUT2D eigenvalue weighted by Gasteiger charge is 2.35. The van der Waals surface area contributed by atoms with Crippen LogP contribution in [-0.2, 0) is 24.3 Å². The molecular weight excluding hydrogens is 368 g/mol. The minimum Gasteiger partial charge on any atom is -0.457 e. The molecule has 0 atom stereocenters. The molecule has 8 heteroatoms. The van der Waals surface area contributed by atoms with Gasteiger partial charge in [0.1, 0.15) is 4.90 Å².